The van der Waals surface area contributed by atoms with Crippen molar-refractivity contribution in [1.29, 1.82) is 0 Å². The van der Waals surface area contributed by atoms with Crippen molar-refractivity contribution in [3.05, 3.63) is 65.9 Å². The smallest absolute Gasteiger partial charge is 0.341 e. The minimum absolute atomic E-state index is 0.199. The van der Waals surface area contributed by atoms with Gasteiger partial charge in [0.05, 0.1) is 11.4 Å². The van der Waals surface area contributed by atoms with Crippen molar-refractivity contribution >= 4 is 29.3 Å². The van der Waals surface area contributed by atoms with E-state index >= 15 is 0 Å². The molecule has 0 radical (unpaired) electrons. The van der Waals surface area contributed by atoms with Crippen LogP contribution in [0.1, 0.15) is 23.0 Å². The van der Waals surface area contributed by atoms with Crippen LogP contribution >= 0.6 is 0 Å². The SMILES string of the molecule is CC(=O)Nc1cc(C)nn1-c1ccc(NC(=O)c2cccc(OCC(=O)O)c2)cc1. The number of aromatic nitrogens is 2. The van der Waals surface area contributed by atoms with Gasteiger partial charge in [0.15, 0.2) is 6.61 Å². The number of amides is 2. The Morgan fingerprint density at radius 2 is 1.80 bits per heavy atom. The van der Waals surface area contributed by atoms with E-state index in [4.69, 9.17) is 9.84 Å². The number of carboxylic acid groups (broad SMARTS) is 1. The van der Waals surface area contributed by atoms with Crippen LogP contribution in [-0.4, -0.2) is 39.3 Å². The number of aliphatic carboxylic acids is 1. The average molecular weight is 408 g/mol. The van der Waals surface area contributed by atoms with E-state index in [-0.39, 0.29) is 11.8 Å². The second-order valence-electron chi connectivity index (χ2n) is 6.48. The molecule has 3 aromatic rings. The van der Waals surface area contributed by atoms with Crippen LogP contribution in [0.4, 0.5) is 11.5 Å². The van der Waals surface area contributed by atoms with Crippen molar-refractivity contribution in [2.45, 2.75) is 13.8 Å². The number of benzene rings is 2. The predicted octanol–water partition coefficient (Wildman–Crippen LogP) is 2.85. The van der Waals surface area contributed by atoms with Crippen LogP contribution in [0.3, 0.4) is 0 Å². The Labute approximate surface area is 172 Å². The Kier molecular flexibility index (Phi) is 6.11. The Balaban J connectivity index is 1.72. The summed E-state index contributed by atoms with van der Waals surface area (Å²) in [6.45, 7) is 2.76. The van der Waals surface area contributed by atoms with E-state index in [9.17, 15) is 14.4 Å². The first kappa shape index (κ1) is 20.6. The third kappa shape index (κ3) is 5.22. The average Bonchev–Trinajstić information content (AvgIpc) is 3.06. The fourth-order valence-electron chi connectivity index (χ4n) is 2.73. The zero-order valence-electron chi connectivity index (χ0n) is 16.4. The van der Waals surface area contributed by atoms with E-state index in [1.807, 2.05) is 6.92 Å². The number of carbonyl (C=O) groups is 3. The lowest BCUT2D eigenvalue weighted by molar-refractivity contribution is -0.139. The molecule has 0 unspecified atom stereocenters. The van der Waals surface area contributed by atoms with E-state index in [0.29, 0.717) is 28.5 Å². The van der Waals surface area contributed by atoms with Crippen LogP contribution in [0.25, 0.3) is 5.69 Å². The highest BCUT2D eigenvalue weighted by atomic mass is 16.5. The van der Waals surface area contributed by atoms with Gasteiger partial charge in [-0.15, -0.1) is 0 Å². The molecular formula is C21H20N4O5. The van der Waals surface area contributed by atoms with Crippen LogP contribution in [-0.2, 0) is 9.59 Å². The highest BCUT2D eigenvalue weighted by Crippen LogP contribution is 2.20. The molecule has 0 saturated carbocycles. The fourth-order valence-corrected chi connectivity index (χ4v) is 2.73. The number of hydrogen-bond donors (Lipinski definition) is 3. The molecule has 0 aliphatic heterocycles. The molecule has 3 rings (SSSR count). The van der Waals surface area contributed by atoms with Crippen LogP contribution in [0, 0.1) is 6.92 Å². The van der Waals surface area contributed by atoms with Crippen LogP contribution in [0.15, 0.2) is 54.6 Å². The molecule has 2 aromatic carbocycles. The molecule has 0 fully saturated rings. The number of hydrogen-bond acceptors (Lipinski definition) is 5. The van der Waals surface area contributed by atoms with E-state index in [0.717, 1.165) is 5.69 Å². The first-order chi connectivity index (χ1) is 14.3. The highest BCUT2D eigenvalue weighted by molar-refractivity contribution is 6.04. The van der Waals surface area contributed by atoms with Gasteiger partial charge in [-0.1, -0.05) is 6.07 Å². The maximum absolute atomic E-state index is 12.5. The minimum Gasteiger partial charge on any atom is -0.482 e. The van der Waals surface area contributed by atoms with Crippen LogP contribution in [0.2, 0.25) is 0 Å². The molecule has 154 valence electrons. The van der Waals surface area contributed by atoms with Gasteiger partial charge in [0, 0.05) is 24.2 Å². The Morgan fingerprint density at radius 1 is 1.07 bits per heavy atom. The molecule has 0 spiro atoms. The number of carboxylic acids is 1. The molecule has 0 saturated heterocycles. The van der Waals surface area contributed by atoms with E-state index in [1.165, 1.54) is 13.0 Å². The van der Waals surface area contributed by atoms with Gasteiger partial charge in [-0.2, -0.15) is 5.10 Å². The molecule has 0 aliphatic rings. The first-order valence-corrected chi connectivity index (χ1v) is 9.02. The number of nitrogens with zero attached hydrogens (tertiary/aromatic N) is 2. The van der Waals surface area contributed by atoms with Crippen molar-refractivity contribution in [3.8, 4) is 11.4 Å². The molecular weight excluding hydrogens is 388 g/mol. The third-order valence-electron chi connectivity index (χ3n) is 3.96. The maximum atomic E-state index is 12.5. The summed E-state index contributed by atoms with van der Waals surface area (Å²) in [5, 5.41) is 18.6. The summed E-state index contributed by atoms with van der Waals surface area (Å²) < 4.78 is 6.70. The van der Waals surface area contributed by atoms with E-state index in [1.54, 1.807) is 53.2 Å². The minimum atomic E-state index is -1.10. The molecule has 3 N–H and O–H groups in total. The van der Waals surface area contributed by atoms with Gasteiger partial charge in [0.25, 0.3) is 5.91 Å². The Morgan fingerprint density at radius 3 is 2.47 bits per heavy atom. The largest absolute Gasteiger partial charge is 0.482 e. The second kappa shape index (κ2) is 8.91. The number of nitrogens with one attached hydrogen (secondary N) is 2. The van der Waals surface area contributed by atoms with Crippen molar-refractivity contribution < 1.29 is 24.2 Å². The number of carbonyl (C=O) groups excluding carboxylic acids is 2. The summed E-state index contributed by atoms with van der Waals surface area (Å²) in [6.07, 6.45) is 0. The zero-order chi connectivity index (χ0) is 21.7. The summed E-state index contributed by atoms with van der Waals surface area (Å²) in [7, 11) is 0. The third-order valence-corrected chi connectivity index (χ3v) is 3.96. The quantitative estimate of drug-likeness (QED) is 0.552. The molecule has 0 aliphatic carbocycles. The van der Waals surface area contributed by atoms with Gasteiger partial charge in [0.1, 0.15) is 11.6 Å². The van der Waals surface area contributed by atoms with Gasteiger partial charge in [-0.05, 0) is 49.4 Å². The summed E-state index contributed by atoms with van der Waals surface area (Å²) >= 11 is 0. The van der Waals surface area contributed by atoms with E-state index in [2.05, 4.69) is 15.7 Å². The van der Waals surface area contributed by atoms with Crippen molar-refractivity contribution in [2.75, 3.05) is 17.2 Å². The molecule has 0 bridgehead atoms. The molecule has 9 nitrogen and oxygen atoms in total. The normalized spacial score (nSPS) is 10.3. The van der Waals surface area contributed by atoms with Crippen molar-refractivity contribution in [2.24, 2.45) is 0 Å². The number of rotatable bonds is 7. The number of ether oxygens (including phenoxy) is 1. The molecule has 0 atom stereocenters. The monoisotopic (exact) mass is 408 g/mol. The lowest BCUT2D eigenvalue weighted by Crippen LogP contribution is -2.13. The summed E-state index contributed by atoms with van der Waals surface area (Å²) in [5.74, 6) is -0.819. The second-order valence-corrected chi connectivity index (χ2v) is 6.48. The summed E-state index contributed by atoms with van der Waals surface area (Å²) in [5.41, 5.74) is 2.36. The molecule has 1 heterocycles. The molecule has 1 aromatic heterocycles. The lowest BCUT2D eigenvalue weighted by Gasteiger charge is -2.10. The summed E-state index contributed by atoms with van der Waals surface area (Å²) in [6, 6.07) is 15.0. The van der Waals surface area contributed by atoms with Gasteiger partial charge in [-0.3, -0.25) is 9.59 Å². The topological polar surface area (TPSA) is 123 Å². The first-order valence-electron chi connectivity index (χ1n) is 9.02. The van der Waals surface area contributed by atoms with Gasteiger partial charge >= 0.3 is 5.97 Å². The predicted molar refractivity (Wildman–Crippen MR) is 110 cm³/mol. The Bertz CT molecular complexity index is 1090. The van der Waals surface area contributed by atoms with Crippen LogP contribution in [0.5, 0.6) is 5.75 Å². The number of aryl methyl sites for hydroxylation is 1. The molecule has 2 amide bonds. The van der Waals surface area contributed by atoms with E-state index < -0.39 is 12.6 Å². The van der Waals surface area contributed by atoms with Gasteiger partial charge in [-0.25, -0.2) is 9.48 Å². The van der Waals surface area contributed by atoms with Gasteiger partial charge in [0.2, 0.25) is 5.91 Å². The number of anilines is 2. The standard InChI is InChI=1S/C21H20N4O5/c1-13-10-19(22-14(2)26)25(24-13)17-8-6-16(7-9-17)23-21(29)15-4-3-5-18(11-15)30-12-20(27)28/h3-11H,12H2,1-2H3,(H,22,26)(H,23,29)(H,27,28). The summed E-state index contributed by atoms with van der Waals surface area (Å²) in [4.78, 5) is 34.5. The van der Waals surface area contributed by atoms with Crippen molar-refractivity contribution in [1.82, 2.24) is 9.78 Å². The highest BCUT2D eigenvalue weighted by Gasteiger charge is 2.11. The van der Waals surface area contributed by atoms with Crippen molar-refractivity contribution in [3.63, 3.8) is 0 Å². The zero-order valence-corrected chi connectivity index (χ0v) is 16.4. The maximum Gasteiger partial charge on any atom is 0.341 e. The van der Waals surface area contributed by atoms with Crippen LogP contribution < -0.4 is 15.4 Å². The Hall–Kier alpha value is -4.14. The lowest BCUT2D eigenvalue weighted by atomic mass is 10.2. The molecule has 30 heavy (non-hydrogen) atoms. The molecule has 9 heteroatoms. The fraction of sp³-hybridized carbons (Fsp3) is 0.143. The van der Waals surface area contributed by atoms with Gasteiger partial charge < -0.3 is 20.5 Å².